The zero-order chi connectivity index (χ0) is 17.1. The minimum Gasteiger partial charge on any atom is -0.497 e. The number of rotatable bonds is 9. The van der Waals surface area contributed by atoms with Gasteiger partial charge in [-0.2, -0.15) is 8.78 Å². The van der Waals surface area contributed by atoms with E-state index in [-0.39, 0.29) is 12.3 Å². The van der Waals surface area contributed by atoms with Crippen molar-refractivity contribution in [3.63, 3.8) is 0 Å². The highest BCUT2D eigenvalue weighted by atomic mass is 19.3. The maximum absolute atomic E-state index is 12.5. The molecule has 0 radical (unpaired) electrons. The first-order valence-electron chi connectivity index (χ1n) is 7.30. The highest BCUT2D eigenvalue weighted by molar-refractivity contribution is 5.79. The number of aliphatic imine (C=N–C) groups is 1. The second-order valence-corrected chi connectivity index (χ2v) is 4.52. The monoisotopic (exact) mass is 333 g/mol. The molecule has 0 unspecified atom stereocenters. The third-order valence-electron chi connectivity index (χ3n) is 2.84. The van der Waals surface area contributed by atoms with Gasteiger partial charge in [0, 0.05) is 18.7 Å². The van der Waals surface area contributed by atoms with Crippen molar-refractivity contribution in [1.82, 2.24) is 10.6 Å². The molecule has 8 heteroatoms. The van der Waals surface area contributed by atoms with Gasteiger partial charge in [0.1, 0.15) is 11.5 Å². The number of hydrogen-bond donors (Lipinski definition) is 2. The van der Waals surface area contributed by atoms with Crippen LogP contribution in [0, 0.1) is 0 Å². The summed E-state index contributed by atoms with van der Waals surface area (Å²) in [6, 6.07) is 4.54. The van der Waals surface area contributed by atoms with Crippen LogP contribution in [0.15, 0.2) is 23.2 Å². The third kappa shape index (κ3) is 7.12. The van der Waals surface area contributed by atoms with E-state index >= 15 is 0 Å². The van der Waals surface area contributed by atoms with E-state index in [4.69, 9.17) is 4.74 Å². The van der Waals surface area contributed by atoms with Gasteiger partial charge in [-0.3, -0.25) is 4.39 Å². The largest absolute Gasteiger partial charge is 0.497 e. The molecule has 0 saturated carbocycles. The van der Waals surface area contributed by atoms with E-state index in [1.54, 1.807) is 6.07 Å². The van der Waals surface area contributed by atoms with Crippen LogP contribution in [0.5, 0.6) is 11.5 Å². The Morgan fingerprint density at radius 2 is 2.09 bits per heavy atom. The lowest BCUT2D eigenvalue weighted by atomic mass is 10.2. The molecule has 1 rings (SSSR count). The molecular weight excluding hydrogens is 311 g/mol. The lowest BCUT2D eigenvalue weighted by molar-refractivity contribution is -0.0504. The summed E-state index contributed by atoms with van der Waals surface area (Å²) in [4.78, 5) is 4.29. The highest BCUT2D eigenvalue weighted by Crippen LogP contribution is 2.26. The first-order chi connectivity index (χ1) is 11.1. The molecule has 130 valence electrons. The SMILES string of the molecule is CCNC(=NCc1cc(OC)ccc1OC(F)F)NCCCF. The standard InChI is InChI=1S/C15H22F3N3O2/c1-3-19-15(20-8-4-7-16)21-10-11-9-12(22-2)5-6-13(11)23-14(17)18/h5-6,9,14H,3-4,7-8,10H2,1-2H3,(H2,19,20,21). The van der Waals surface area contributed by atoms with E-state index in [0.717, 1.165) is 0 Å². The number of ether oxygens (including phenoxy) is 2. The molecule has 2 N–H and O–H groups in total. The summed E-state index contributed by atoms with van der Waals surface area (Å²) in [5, 5.41) is 5.96. The second kappa shape index (κ2) is 10.6. The number of halogens is 3. The number of benzene rings is 1. The quantitative estimate of drug-likeness (QED) is 0.414. The molecule has 5 nitrogen and oxygen atoms in total. The van der Waals surface area contributed by atoms with Crippen molar-refractivity contribution in [2.24, 2.45) is 4.99 Å². The van der Waals surface area contributed by atoms with Crippen molar-refractivity contribution < 1.29 is 22.6 Å². The molecule has 0 amide bonds. The number of nitrogens with one attached hydrogen (secondary N) is 2. The Balaban J connectivity index is 2.87. The zero-order valence-corrected chi connectivity index (χ0v) is 13.2. The van der Waals surface area contributed by atoms with Gasteiger partial charge in [0.05, 0.1) is 20.3 Å². The van der Waals surface area contributed by atoms with Gasteiger partial charge in [-0.05, 0) is 31.5 Å². The molecule has 1 aromatic carbocycles. The Kier molecular flexibility index (Phi) is 8.71. The van der Waals surface area contributed by atoms with Gasteiger partial charge in [-0.1, -0.05) is 0 Å². The molecule has 0 fully saturated rings. The van der Waals surface area contributed by atoms with E-state index in [0.29, 0.717) is 36.8 Å². The average Bonchev–Trinajstić information content (AvgIpc) is 2.53. The van der Waals surface area contributed by atoms with Crippen molar-refractivity contribution in [3.8, 4) is 11.5 Å². The normalized spacial score (nSPS) is 11.5. The number of hydrogen-bond acceptors (Lipinski definition) is 3. The lowest BCUT2D eigenvalue weighted by Gasteiger charge is -2.13. The maximum atomic E-state index is 12.5. The van der Waals surface area contributed by atoms with Crippen LogP contribution in [-0.4, -0.2) is 39.4 Å². The molecule has 0 aliphatic rings. The topological polar surface area (TPSA) is 54.9 Å². The maximum Gasteiger partial charge on any atom is 0.387 e. The minimum absolute atomic E-state index is 0.0455. The van der Waals surface area contributed by atoms with E-state index in [2.05, 4.69) is 20.4 Å². The Morgan fingerprint density at radius 1 is 1.30 bits per heavy atom. The van der Waals surface area contributed by atoms with Crippen LogP contribution in [-0.2, 0) is 6.54 Å². The molecular formula is C15H22F3N3O2. The van der Waals surface area contributed by atoms with Crippen LogP contribution in [0.2, 0.25) is 0 Å². The van der Waals surface area contributed by atoms with E-state index < -0.39 is 13.3 Å². The van der Waals surface area contributed by atoms with Gasteiger partial charge < -0.3 is 20.1 Å². The third-order valence-corrected chi connectivity index (χ3v) is 2.84. The summed E-state index contributed by atoms with van der Waals surface area (Å²) in [6.45, 7) is -0.273. The van der Waals surface area contributed by atoms with Crippen molar-refractivity contribution in [2.45, 2.75) is 26.5 Å². The van der Waals surface area contributed by atoms with Crippen LogP contribution in [0.1, 0.15) is 18.9 Å². The Morgan fingerprint density at radius 3 is 2.70 bits per heavy atom. The minimum atomic E-state index is -2.91. The predicted molar refractivity (Wildman–Crippen MR) is 83.0 cm³/mol. The van der Waals surface area contributed by atoms with Crippen LogP contribution >= 0.6 is 0 Å². The van der Waals surface area contributed by atoms with Crippen LogP contribution in [0.25, 0.3) is 0 Å². The van der Waals surface area contributed by atoms with Gasteiger partial charge in [0.2, 0.25) is 0 Å². The second-order valence-electron chi connectivity index (χ2n) is 4.52. The fourth-order valence-electron chi connectivity index (χ4n) is 1.80. The fourth-order valence-corrected chi connectivity index (χ4v) is 1.80. The zero-order valence-electron chi connectivity index (χ0n) is 13.2. The lowest BCUT2D eigenvalue weighted by Crippen LogP contribution is -2.37. The van der Waals surface area contributed by atoms with Crippen molar-refractivity contribution in [3.05, 3.63) is 23.8 Å². The summed E-state index contributed by atoms with van der Waals surface area (Å²) in [7, 11) is 1.48. The van der Waals surface area contributed by atoms with Crippen LogP contribution in [0.3, 0.4) is 0 Å². The summed E-state index contributed by atoms with van der Waals surface area (Å²) in [5.41, 5.74) is 0.465. The molecule has 1 aromatic rings. The average molecular weight is 333 g/mol. The van der Waals surface area contributed by atoms with Gasteiger partial charge >= 0.3 is 6.61 Å². The summed E-state index contributed by atoms with van der Waals surface area (Å²) in [6.07, 6.45) is 0.364. The summed E-state index contributed by atoms with van der Waals surface area (Å²) >= 11 is 0. The van der Waals surface area contributed by atoms with Crippen LogP contribution < -0.4 is 20.1 Å². The fraction of sp³-hybridized carbons (Fsp3) is 0.533. The Labute approximate surface area is 133 Å². The van der Waals surface area contributed by atoms with E-state index in [1.165, 1.54) is 19.2 Å². The predicted octanol–water partition coefficient (Wildman–Crippen LogP) is 2.71. The van der Waals surface area contributed by atoms with Gasteiger partial charge in [0.15, 0.2) is 5.96 Å². The van der Waals surface area contributed by atoms with Crippen molar-refractivity contribution in [2.75, 3.05) is 26.9 Å². The molecule has 0 saturated heterocycles. The molecule has 0 aliphatic carbocycles. The smallest absolute Gasteiger partial charge is 0.387 e. The van der Waals surface area contributed by atoms with Gasteiger partial charge in [0.25, 0.3) is 0 Å². The molecule has 23 heavy (non-hydrogen) atoms. The first-order valence-corrected chi connectivity index (χ1v) is 7.30. The summed E-state index contributed by atoms with van der Waals surface area (Å²) < 4.78 is 46.6. The number of methoxy groups -OCH3 is 1. The van der Waals surface area contributed by atoms with Crippen molar-refractivity contribution in [1.29, 1.82) is 0 Å². The molecule has 0 bridgehead atoms. The molecule has 0 spiro atoms. The van der Waals surface area contributed by atoms with Gasteiger partial charge in [-0.15, -0.1) is 0 Å². The molecule has 0 aliphatic heterocycles. The number of alkyl halides is 3. The number of nitrogens with zero attached hydrogens (tertiary/aromatic N) is 1. The molecule has 0 heterocycles. The van der Waals surface area contributed by atoms with Crippen LogP contribution in [0.4, 0.5) is 13.2 Å². The summed E-state index contributed by atoms with van der Waals surface area (Å²) in [5.74, 6) is 1.04. The first kappa shape index (κ1) is 18.9. The highest BCUT2D eigenvalue weighted by Gasteiger charge is 2.11. The van der Waals surface area contributed by atoms with E-state index in [1.807, 2.05) is 6.92 Å². The van der Waals surface area contributed by atoms with Crippen molar-refractivity contribution >= 4 is 5.96 Å². The molecule has 0 atom stereocenters. The molecule has 0 aromatic heterocycles. The van der Waals surface area contributed by atoms with E-state index in [9.17, 15) is 13.2 Å². The number of guanidine groups is 1. The Hall–Kier alpha value is -2.12. The Bertz CT molecular complexity index is 499. The van der Waals surface area contributed by atoms with Gasteiger partial charge in [-0.25, -0.2) is 4.99 Å².